The van der Waals surface area contributed by atoms with Crippen LogP contribution in [-0.4, -0.2) is 47.8 Å². The number of nitro benzene ring substituents is 1. The Morgan fingerprint density at radius 1 is 1.26 bits per heavy atom. The Labute approximate surface area is 135 Å². The Bertz CT molecular complexity index is 562. The van der Waals surface area contributed by atoms with Crippen molar-refractivity contribution in [1.29, 1.82) is 0 Å². The van der Waals surface area contributed by atoms with E-state index in [9.17, 15) is 19.7 Å². The maximum atomic E-state index is 12.1. The summed E-state index contributed by atoms with van der Waals surface area (Å²) in [7, 11) is 0. The van der Waals surface area contributed by atoms with Crippen LogP contribution in [0.15, 0.2) is 24.3 Å². The van der Waals surface area contributed by atoms with Crippen LogP contribution >= 0.6 is 0 Å². The van der Waals surface area contributed by atoms with E-state index in [-0.39, 0.29) is 37.0 Å². The number of para-hydroxylation sites is 2. The fourth-order valence-corrected chi connectivity index (χ4v) is 2.05. The van der Waals surface area contributed by atoms with Crippen LogP contribution in [-0.2, 0) is 9.59 Å². The molecular formula is C15H22N4O4. The van der Waals surface area contributed by atoms with Gasteiger partial charge in [-0.2, -0.15) is 0 Å². The molecule has 0 heterocycles. The summed E-state index contributed by atoms with van der Waals surface area (Å²) >= 11 is 0. The SMILES string of the molecule is CCNC(=O)CN(CC)C(=O)CCNc1ccccc1[N+](=O)[O-]. The zero-order valence-corrected chi connectivity index (χ0v) is 13.4. The van der Waals surface area contributed by atoms with E-state index >= 15 is 0 Å². The minimum absolute atomic E-state index is 0.0225. The van der Waals surface area contributed by atoms with Crippen molar-refractivity contribution in [1.82, 2.24) is 10.2 Å². The van der Waals surface area contributed by atoms with Gasteiger partial charge in [0.05, 0.1) is 11.5 Å². The first-order valence-corrected chi connectivity index (χ1v) is 7.51. The number of benzene rings is 1. The Morgan fingerprint density at radius 2 is 1.96 bits per heavy atom. The molecule has 0 radical (unpaired) electrons. The summed E-state index contributed by atoms with van der Waals surface area (Å²) in [6.45, 7) is 4.84. The lowest BCUT2D eigenvalue weighted by Gasteiger charge is -2.20. The van der Waals surface area contributed by atoms with Crippen molar-refractivity contribution in [3.05, 3.63) is 34.4 Å². The monoisotopic (exact) mass is 322 g/mol. The topological polar surface area (TPSA) is 105 Å². The number of nitrogens with one attached hydrogen (secondary N) is 2. The van der Waals surface area contributed by atoms with Crippen molar-refractivity contribution < 1.29 is 14.5 Å². The van der Waals surface area contributed by atoms with E-state index in [2.05, 4.69) is 10.6 Å². The number of hydrogen-bond acceptors (Lipinski definition) is 5. The Morgan fingerprint density at radius 3 is 2.57 bits per heavy atom. The molecule has 126 valence electrons. The third kappa shape index (κ3) is 5.93. The van der Waals surface area contributed by atoms with Crippen molar-refractivity contribution in [2.45, 2.75) is 20.3 Å². The zero-order chi connectivity index (χ0) is 17.2. The van der Waals surface area contributed by atoms with Crippen molar-refractivity contribution in [2.75, 3.05) is 31.5 Å². The fraction of sp³-hybridized carbons (Fsp3) is 0.467. The van der Waals surface area contributed by atoms with Crippen LogP contribution in [0, 0.1) is 10.1 Å². The highest BCUT2D eigenvalue weighted by Gasteiger charge is 2.16. The molecule has 0 aliphatic carbocycles. The number of nitro groups is 1. The molecule has 8 heteroatoms. The molecule has 0 saturated heterocycles. The first-order chi connectivity index (χ1) is 11.0. The standard InChI is InChI=1S/C15H22N4O4/c1-3-16-14(20)11-18(4-2)15(21)9-10-17-12-7-5-6-8-13(12)19(22)23/h5-8,17H,3-4,9-11H2,1-2H3,(H,16,20). The molecule has 0 fully saturated rings. The Hall–Kier alpha value is -2.64. The Balaban J connectivity index is 2.52. The molecule has 1 aromatic carbocycles. The predicted molar refractivity (Wildman–Crippen MR) is 87.1 cm³/mol. The van der Waals surface area contributed by atoms with Gasteiger partial charge in [-0.3, -0.25) is 19.7 Å². The second-order valence-corrected chi connectivity index (χ2v) is 4.81. The van der Waals surface area contributed by atoms with E-state index in [0.29, 0.717) is 18.8 Å². The zero-order valence-electron chi connectivity index (χ0n) is 13.4. The van der Waals surface area contributed by atoms with Gasteiger partial charge in [0, 0.05) is 32.1 Å². The molecule has 0 aliphatic rings. The molecule has 2 amide bonds. The van der Waals surface area contributed by atoms with Gasteiger partial charge in [-0.1, -0.05) is 12.1 Å². The maximum Gasteiger partial charge on any atom is 0.292 e. The van der Waals surface area contributed by atoms with Crippen molar-refractivity contribution in [2.24, 2.45) is 0 Å². The number of anilines is 1. The molecule has 0 aliphatic heterocycles. The van der Waals surface area contributed by atoms with E-state index in [1.165, 1.54) is 11.0 Å². The lowest BCUT2D eigenvalue weighted by Crippen LogP contribution is -2.41. The summed E-state index contributed by atoms with van der Waals surface area (Å²) in [6, 6.07) is 6.26. The van der Waals surface area contributed by atoms with E-state index in [4.69, 9.17) is 0 Å². The first kappa shape index (κ1) is 18.4. The molecule has 23 heavy (non-hydrogen) atoms. The number of hydrogen-bond donors (Lipinski definition) is 2. The number of rotatable bonds is 9. The quantitative estimate of drug-likeness (QED) is 0.528. The average molecular weight is 322 g/mol. The van der Waals surface area contributed by atoms with Gasteiger partial charge in [0.1, 0.15) is 5.69 Å². The fourth-order valence-electron chi connectivity index (χ4n) is 2.05. The van der Waals surface area contributed by atoms with Gasteiger partial charge >= 0.3 is 0 Å². The van der Waals surface area contributed by atoms with Crippen molar-refractivity contribution in [3.63, 3.8) is 0 Å². The number of nitrogens with zero attached hydrogens (tertiary/aromatic N) is 2. The highest BCUT2D eigenvalue weighted by molar-refractivity contribution is 5.85. The van der Waals surface area contributed by atoms with Gasteiger partial charge in [-0.15, -0.1) is 0 Å². The molecule has 0 spiro atoms. The number of carbonyl (C=O) groups excluding carboxylic acids is 2. The summed E-state index contributed by atoms with van der Waals surface area (Å²) in [5.74, 6) is -0.376. The molecule has 2 N–H and O–H groups in total. The van der Waals surface area contributed by atoms with E-state index in [1.807, 2.05) is 6.92 Å². The largest absolute Gasteiger partial charge is 0.379 e. The molecular weight excluding hydrogens is 300 g/mol. The number of carbonyl (C=O) groups is 2. The molecule has 1 rings (SSSR count). The van der Waals surface area contributed by atoms with Gasteiger partial charge in [0.25, 0.3) is 5.69 Å². The summed E-state index contributed by atoms with van der Waals surface area (Å²) in [5.41, 5.74) is 0.340. The lowest BCUT2D eigenvalue weighted by molar-refractivity contribution is -0.384. The van der Waals surface area contributed by atoms with Gasteiger partial charge < -0.3 is 15.5 Å². The normalized spacial score (nSPS) is 10.0. The van der Waals surface area contributed by atoms with E-state index in [0.717, 1.165) is 0 Å². The van der Waals surface area contributed by atoms with Crippen LogP contribution in [0.3, 0.4) is 0 Å². The average Bonchev–Trinajstić information content (AvgIpc) is 2.53. The summed E-state index contributed by atoms with van der Waals surface area (Å²) in [6.07, 6.45) is 0.152. The van der Waals surface area contributed by atoms with Crippen LogP contribution in [0.2, 0.25) is 0 Å². The van der Waals surface area contributed by atoms with Crippen molar-refractivity contribution >= 4 is 23.2 Å². The van der Waals surface area contributed by atoms with Gasteiger partial charge in [-0.25, -0.2) is 0 Å². The van der Waals surface area contributed by atoms with E-state index in [1.54, 1.807) is 25.1 Å². The highest BCUT2D eigenvalue weighted by Crippen LogP contribution is 2.22. The number of likely N-dealkylation sites (N-methyl/N-ethyl adjacent to an activating group) is 2. The number of amides is 2. The van der Waals surface area contributed by atoms with Gasteiger partial charge in [0.15, 0.2) is 0 Å². The highest BCUT2D eigenvalue weighted by atomic mass is 16.6. The summed E-state index contributed by atoms with van der Waals surface area (Å²) in [4.78, 5) is 35.5. The maximum absolute atomic E-state index is 12.1. The van der Waals surface area contributed by atoms with Crippen LogP contribution < -0.4 is 10.6 Å². The minimum atomic E-state index is -0.475. The molecule has 0 aromatic heterocycles. The van der Waals surface area contributed by atoms with Gasteiger partial charge in [-0.05, 0) is 19.9 Å². The van der Waals surface area contributed by atoms with Crippen LogP contribution in [0.4, 0.5) is 11.4 Å². The minimum Gasteiger partial charge on any atom is -0.379 e. The Kier molecular flexibility index (Phi) is 7.52. The predicted octanol–water partition coefficient (Wildman–Crippen LogP) is 1.38. The molecule has 8 nitrogen and oxygen atoms in total. The van der Waals surface area contributed by atoms with Crippen LogP contribution in [0.25, 0.3) is 0 Å². The van der Waals surface area contributed by atoms with Crippen LogP contribution in [0.1, 0.15) is 20.3 Å². The van der Waals surface area contributed by atoms with Crippen molar-refractivity contribution in [3.8, 4) is 0 Å². The third-order valence-corrected chi connectivity index (χ3v) is 3.20. The third-order valence-electron chi connectivity index (χ3n) is 3.20. The second-order valence-electron chi connectivity index (χ2n) is 4.81. The lowest BCUT2D eigenvalue weighted by atomic mass is 10.2. The molecule has 0 bridgehead atoms. The summed E-state index contributed by atoms with van der Waals surface area (Å²) in [5, 5.41) is 16.4. The van der Waals surface area contributed by atoms with E-state index < -0.39 is 4.92 Å². The smallest absolute Gasteiger partial charge is 0.292 e. The summed E-state index contributed by atoms with van der Waals surface area (Å²) < 4.78 is 0. The van der Waals surface area contributed by atoms with Gasteiger partial charge in [0.2, 0.25) is 11.8 Å². The molecule has 0 atom stereocenters. The van der Waals surface area contributed by atoms with Crippen LogP contribution in [0.5, 0.6) is 0 Å². The molecule has 0 unspecified atom stereocenters. The molecule has 1 aromatic rings. The first-order valence-electron chi connectivity index (χ1n) is 7.51. The molecule has 0 saturated carbocycles. The second kappa shape index (κ2) is 9.39.